The van der Waals surface area contributed by atoms with E-state index in [1.165, 1.54) is 22.9 Å². The predicted octanol–water partition coefficient (Wildman–Crippen LogP) is 6.06. The topological polar surface area (TPSA) is 86.8 Å². The number of aryl methyl sites for hydroxylation is 3. The van der Waals surface area contributed by atoms with Gasteiger partial charge in [-0.15, -0.1) is 0 Å². The second-order valence-electron chi connectivity index (χ2n) is 11.4. The molecule has 1 N–H and O–H groups in total. The van der Waals surface area contributed by atoms with E-state index in [-0.39, 0.29) is 23.4 Å². The van der Waals surface area contributed by atoms with Gasteiger partial charge in [-0.25, -0.2) is 8.42 Å². The van der Waals surface area contributed by atoms with Crippen LogP contribution in [-0.2, 0) is 26.2 Å². The molecule has 0 aromatic heterocycles. The number of carbonyl (C=O) groups excluding carboxylic acids is 2. The maximum Gasteiger partial charge on any atom is 0.264 e. The van der Waals surface area contributed by atoms with Crippen molar-refractivity contribution in [3.05, 3.63) is 95.1 Å². The van der Waals surface area contributed by atoms with Gasteiger partial charge in [0.2, 0.25) is 11.8 Å². The highest BCUT2D eigenvalue weighted by Crippen LogP contribution is 2.27. The summed E-state index contributed by atoms with van der Waals surface area (Å²) in [5.74, 6) is -0.613. The number of benzene rings is 3. The van der Waals surface area contributed by atoms with Gasteiger partial charge in [-0.3, -0.25) is 13.9 Å². The van der Waals surface area contributed by atoms with Crippen LogP contribution in [0.3, 0.4) is 0 Å². The van der Waals surface area contributed by atoms with Crippen molar-refractivity contribution in [1.82, 2.24) is 10.2 Å². The number of nitrogens with zero attached hydrogens (tertiary/aromatic N) is 2. The van der Waals surface area contributed by atoms with Crippen LogP contribution in [0.25, 0.3) is 0 Å². The Morgan fingerprint density at radius 1 is 0.881 bits per heavy atom. The third kappa shape index (κ3) is 7.59. The standard InChI is InChI=1S/C34H43N3O4S/c1-5-32(34(39)35-29-16-8-6-9-17-29)36(23-28-15-13-12-14-27(28)4)33(38)24-37(30-21-25(2)20-26(3)22-30)42(40,41)31-18-10-7-11-19-31/h7,10-15,18-22,29,32H,5-6,8-9,16-17,23-24H2,1-4H3,(H,35,39)/t32-/m1/s1. The summed E-state index contributed by atoms with van der Waals surface area (Å²) in [6.07, 6.45) is 5.61. The first-order valence-electron chi connectivity index (χ1n) is 14.9. The lowest BCUT2D eigenvalue weighted by Gasteiger charge is -2.35. The van der Waals surface area contributed by atoms with Gasteiger partial charge >= 0.3 is 0 Å². The van der Waals surface area contributed by atoms with Crippen LogP contribution in [0.5, 0.6) is 0 Å². The van der Waals surface area contributed by atoms with Crippen LogP contribution in [0.4, 0.5) is 5.69 Å². The van der Waals surface area contributed by atoms with Crippen molar-refractivity contribution in [3.63, 3.8) is 0 Å². The lowest BCUT2D eigenvalue weighted by atomic mass is 9.95. The fourth-order valence-electron chi connectivity index (χ4n) is 5.78. The molecule has 3 aromatic rings. The van der Waals surface area contributed by atoms with E-state index in [9.17, 15) is 18.0 Å². The van der Waals surface area contributed by atoms with Crippen LogP contribution in [0, 0.1) is 20.8 Å². The van der Waals surface area contributed by atoms with Crippen LogP contribution in [-0.4, -0.2) is 43.8 Å². The zero-order valence-electron chi connectivity index (χ0n) is 25.2. The highest BCUT2D eigenvalue weighted by atomic mass is 32.2. The van der Waals surface area contributed by atoms with Gasteiger partial charge in [0.15, 0.2) is 0 Å². The van der Waals surface area contributed by atoms with Gasteiger partial charge in [-0.1, -0.05) is 74.7 Å². The Hall–Kier alpha value is -3.65. The van der Waals surface area contributed by atoms with E-state index in [2.05, 4.69) is 5.32 Å². The highest BCUT2D eigenvalue weighted by molar-refractivity contribution is 7.92. The monoisotopic (exact) mass is 589 g/mol. The second-order valence-corrected chi connectivity index (χ2v) is 13.2. The molecule has 2 amide bonds. The Morgan fingerprint density at radius 2 is 1.50 bits per heavy atom. The molecule has 3 aromatic carbocycles. The molecule has 0 radical (unpaired) electrons. The van der Waals surface area contributed by atoms with Crippen LogP contribution in [0.15, 0.2) is 77.7 Å². The quantitative estimate of drug-likeness (QED) is 0.294. The summed E-state index contributed by atoms with van der Waals surface area (Å²) in [5, 5.41) is 3.20. The number of nitrogens with one attached hydrogen (secondary N) is 1. The van der Waals surface area contributed by atoms with Crippen molar-refractivity contribution in [2.24, 2.45) is 0 Å². The lowest BCUT2D eigenvalue weighted by Crippen LogP contribution is -2.54. The molecule has 0 bridgehead atoms. The molecule has 0 heterocycles. The van der Waals surface area contributed by atoms with Gasteiger partial charge in [0, 0.05) is 12.6 Å². The van der Waals surface area contributed by atoms with E-state index >= 15 is 0 Å². The molecule has 224 valence electrons. The maximum atomic E-state index is 14.3. The van der Waals surface area contributed by atoms with Crippen molar-refractivity contribution < 1.29 is 18.0 Å². The number of hydrogen-bond acceptors (Lipinski definition) is 4. The molecule has 8 heteroatoms. The molecule has 7 nitrogen and oxygen atoms in total. The fraction of sp³-hybridized carbons (Fsp3) is 0.412. The molecule has 0 unspecified atom stereocenters. The molecule has 1 aliphatic rings. The Morgan fingerprint density at radius 3 is 2.12 bits per heavy atom. The summed E-state index contributed by atoms with van der Waals surface area (Å²) in [7, 11) is -4.09. The van der Waals surface area contributed by atoms with Gasteiger partial charge in [0.25, 0.3) is 10.0 Å². The Balaban J connectivity index is 1.73. The SMILES string of the molecule is CC[C@H](C(=O)NC1CCCCC1)N(Cc1ccccc1C)C(=O)CN(c1cc(C)cc(C)c1)S(=O)(=O)c1ccccc1. The summed E-state index contributed by atoms with van der Waals surface area (Å²) in [6, 6.07) is 20.8. The van der Waals surface area contributed by atoms with E-state index in [1.807, 2.05) is 58.0 Å². The second kappa shape index (κ2) is 14.0. The first kappa shape index (κ1) is 31.3. The van der Waals surface area contributed by atoms with Crippen molar-refractivity contribution in [3.8, 4) is 0 Å². The van der Waals surface area contributed by atoms with E-state index < -0.39 is 28.5 Å². The average Bonchev–Trinajstić information content (AvgIpc) is 2.97. The zero-order valence-corrected chi connectivity index (χ0v) is 26.0. The molecule has 1 atom stereocenters. The third-order valence-corrected chi connectivity index (χ3v) is 9.83. The molecular weight excluding hydrogens is 546 g/mol. The largest absolute Gasteiger partial charge is 0.352 e. The number of hydrogen-bond donors (Lipinski definition) is 1. The van der Waals surface area contributed by atoms with Crippen molar-refractivity contribution in [2.75, 3.05) is 10.8 Å². The fourth-order valence-corrected chi connectivity index (χ4v) is 7.20. The molecule has 1 aliphatic carbocycles. The van der Waals surface area contributed by atoms with Crippen molar-refractivity contribution >= 4 is 27.5 Å². The molecule has 4 rings (SSSR count). The number of amides is 2. The third-order valence-electron chi connectivity index (χ3n) is 8.04. The Labute approximate surface area is 251 Å². The van der Waals surface area contributed by atoms with Crippen molar-refractivity contribution in [2.45, 2.75) is 89.7 Å². The van der Waals surface area contributed by atoms with E-state index in [4.69, 9.17) is 0 Å². The minimum Gasteiger partial charge on any atom is -0.352 e. The van der Waals surface area contributed by atoms with Gasteiger partial charge in [-0.2, -0.15) is 0 Å². The van der Waals surface area contributed by atoms with Gasteiger partial charge in [0.1, 0.15) is 12.6 Å². The van der Waals surface area contributed by atoms with Crippen LogP contribution in [0.2, 0.25) is 0 Å². The summed E-state index contributed by atoms with van der Waals surface area (Å²) in [4.78, 5) is 29.7. The average molecular weight is 590 g/mol. The van der Waals surface area contributed by atoms with Crippen LogP contribution < -0.4 is 9.62 Å². The Bertz CT molecular complexity index is 1460. The number of carbonyl (C=O) groups is 2. The minimum atomic E-state index is -4.09. The van der Waals surface area contributed by atoms with E-state index in [1.54, 1.807) is 35.2 Å². The summed E-state index contributed by atoms with van der Waals surface area (Å²) in [5.41, 5.74) is 4.11. The zero-order chi connectivity index (χ0) is 30.3. The summed E-state index contributed by atoms with van der Waals surface area (Å²) in [6.45, 7) is 7.44. The maximum absolute atomic E-state index is 14.3. The predicted molar refractivity (Wildman–Crippen MR) is 168 cm³/mol. The van der Waals surface area contributed by atoms with Gasteiger partial charge in [0.05, 0.1) is 10.6 Å². The van der Waals surface area contributed by atoms with Crippen molar-refractivity contribution in [1.29, 1.82) is 0 Å². The minimum absolute atomic E-state index is 0.0981. The van der Waals surface area contributed by atoms with Crippen LogP contribution in [0.1, 0.15) is 67.7 Å². The van der Waals surface area contributed by atoms with Crippen LogP contribution >= 0.6 is 0 Å². The first-order chi connectivity index (χ1) is 20.1. The molecule has 42 heavy (non-hydrogen) atoms. The molecular formula is C34H43N3O4S. The summed E-state index contributed by atoms with van der Waals surface area (Å²) < 4.78 is 29.3. The number of anilines is 1. The molecule has 1 saturated carbocycles. The molecule has 0 spiro atoms. The normalized spacial score (nSPS) is 14.7. The smallest absolute Gasteiger partial charge is 0.264 e. The van der Waals surface area contributed by atoms with Gasteiger partial charge < -0.3 is 10.2 Å². The van der Waals surface area contributed by atoms with Gasteiger partial charge in [-0.05, 0) is 86.6 Å². The van der Waals surface area contributed by atoms with E-state index in [0.717, 1.165) is 47.9 Å². The lowest BCUT2D eigenvalue weighted by molar-refractivity contribution is -0.140. The highest BCUT2D eigenvalue weighted by Gasteiger charge is 2.34. The van der Waals surface area contributed by atoms with E-state index in [0.29, 0.717) is 12.1 Å². The molecule has 0 saturated heterocycles. The summed E-state index contributed by atoms with van der Waals surface area (Å²) >= 11 is 0. The molecule has 0 aliphatic heterocycles. The number of sulfonamides is 1. The molecule has 1 fully saturated rings. The first-order valence-corrected chi connectivity index (χ1v) is 16.3. The number of rotatable bonds is 11. The Kier molecular flexibility index (Phi) is 10.4.